The molecule has 0 bridgehead atoms. The molecule has 0 aliphatic heterocycles. The molecule has 1 aromatic carbocycles. The van der Waals surface area contributed by atoms with Crippen molar-refractivity contribution in [2.24, 2.45) is 14.1 Å². The average molecular weight is 416 g/mol. The van der Waals surface area contributed by atoms with Crippen LogP contribution in [-0.2, 0) is 26.8 Å². The van der Waals surface area contributed by atoms with Crippen LogP contribution in [0.15, 0.2) is 35.1 Å². The third-order valence-corrected chi connectivity index (χ3v) is 5.54. The highest BCUT2D eigenvalue weighted by Gasteiger charge is 2.36. The Kier molecular flexibility index (Phi) is 4.37. The van der Waals surface area contributed by atoms with Crippen molar-refractivity contribution in [2.75, 3.05) is 0 Å². The first kappa shape index (κ1) is 19.9. The Hall–Kier alpha value is -3.36. The molecule has 0 N–H and O–H groups in total. The van der Waals surface area contributed by atoms with Crippen molar-refractivity contribution in [1.29, 1.82) is 0 Å². The number of benzene rings is 1. The lowest BCUT2D eigenvalue weighted by atomic mass is 10.1. The zero-order valence-electron chi connectivity index (χ0n) is 16.8. The summed E-state index contributed by atoms with van der Waals surface area (Å²) >= 11 is 0. The van der Waals surface area contributed by atoms with Crippen molar-refractivity contribution in [1.82, 2.24) is 18.9 Å². The van der Waals surface area contributed by atoms with Crippen LogP contribution in [0.25, 0.3) is 21.9 Å². The van der Waals surface area contributed by atoms with Gasteiger partial charge in [0.25, 0.3) is 5.56 Å². The topological polar surface area (TPSA) is 61.8 Å². The molecule has 4 aromatic rings. The summed E-state index contributed by atoms with van der Waals surface area (Å²) in [5.41, 5.74) is 0.202. The summed E-state index contributed by atoms with van der Waals surface area (Å²) in [4.78, 5) is 25.9. The van der Waals surface area contributed by atoms with Crippen LogP contribution in [0.4, 0.5) is 13.2 Å². The number of alkyl halides is 3. The molecule has 30 heavy (non-hydrogen) atoms. The second-order valence-corrected chi connectivity index (χ2v) is 7.35. The summed E-state index contributed by atoms with van der Waals surface area (Å²) in [6.07, 6.45) is -4.71. The molecule has 0 aliphatic carbocycles. The Morgan fingerprint density at radius 3 is 2.47 bits per heavy atom. The van der Waals surface area contributed by atoms with Gasteiger partial charge in [-0.05, 0) is 19.9 Å². The van der Waals surface area contributed by atoms with Gasteiger partial charge in [0, 0.05) is 42.3 Å². The molecule has 0 fully saturated rings. The van der Waals surface area contributed by atoms with E-state index < -0.39 is 17.3 Å². The van der Waals surface area contributed by atoms with Crippen molar-refractivity contribution in [3.8, 4) is 0 Å². The van der Waals surface area contributed by atoms with Gasteiger partial charge in [0.1, 0.15) is 5.65 Å². The number of halogens is 3. The Bertz CT molecular complexity index is 1390. The van der Waals surface area contributed by atoms with Gasteiger partial charge < -0.3 is 4.57 Å². The van der Waals surface area contributed by atoms with E-state index in [1.165, 1.54) is 18.7 Å². The van der Waals surface area contributed by atoms with Crippen molar-refractivity contribution >= 4 is 27.7 Å². The molecule has 0 aliphatic rings. The predicted molar refractivity (Wildman–Crippen MR) is 107 cm³/mol. The lowest BCUT2D eigenvalue weighted by Crippen LogP contribution is -2.27. The predicted octanol–water partition coefficient (Wildman–Crippen LogP) is 3.75. The first-order chi connectivity index (χ1) is 14.0. The molecule has 0 saturated heterocycles. The molecule has 0 saturated carbocycles. The van der Waals surface area contributed by atoms with Crippen LogP contribution >= 0.6 is 0 Å². The third-order valence-electron chi connectivity index (χ3n) is 5.54. The molecular weight excluding hydrogens is 397 g/mol. The van der Waals surface area contributed by atoms with Crippen LogP contribution in [0, 0.1) is 13.8 Å². The summed E-state index contributed by atoms with van der Waals surface area (Å²) in [7, 11) is 3.29. The standard InChI is InChI=1S/C21H19F3N4O2/c1-11-18-14(21(22,23)24)9-17(30)28(20(18)27(4)25-11)10-16(29)19-12(2)26(3)15-8-6-5-7-13(15)19/h5-9H,10H2,1-4H3. The maximum Gasteiger partial charge on any atom is 0.417 e. The number of rotatable bonds is 3. The molecule has 0 radical (unpaired) electrons. The number of aryl methyl sites for hydroxylation is 3. The minimum Gasteiger partial charge on any atom is -0.347 e. The highest BCUT2D eigenvalue weighted by Crippen LogP contribution is 2.35. The number of hydrogen-bond acceptors (Lipinski definition) is 3. The van der Waals surface area contributed by atoms with Gasteiger partial charge in [0.05, 0.1) is 23.2 Å². The molecule has 0 spiro atoms. The number of carbonyl (C=O) groups excluding carboxylic acids is 1. The average Bonchev–Trinajstić information content (AvgIpc) is 3.10. The van der Waals surface area contributed by atoms with Crippen molar-refractivity contribution in [3.63, 3.8) is 0 Å². The third kappa shape index (κ3) is 2.84. The normalized spacial score (nSPS) is 12.2. The number of fused-ring (bicyclic) bond motifs is 2. The molecule has 3 aromatic heterocycles. The van der Waals surface area contributed by atoms with E-state index >= 15 is 0 Å². The lowest BCUT2D eigenvalue weighted by Gasteiger charge is -2.13. The van der Waals surface area contributed by atoms with Gasteiger partial charge in [-0.25, -0.2) is 0 Å². The van der Waals surface area contributed by atoms with Crippen LogP contribution < -0.4 is 5.56 Å². The van der Waals surface area contributed by atoms with E-state index in [1.807, 2.05) is 35.9 Å². The van der Waals surface area contributed by atoms with Gasteiger partial charge in [-0.15, -0.1) is 0 Å². The maximum absolute atomic E-state index is 13.5. The molecule has 3 heterocycles. The number of Topliss-reactive ketones (excluding diaryl/α,β-unsaturated/α-hetero) is 1. The van der Waals surface area contributed by atoms with Gasteiger partial charge in [0.15, 0.2) is 5.78 Å². The van der Waals surface area contributed by atoms with Crippen LogP contribution in [0.1, 0.15) is 27.3 Å². The SMILES string of the molecule is Cc1nn(C)c2c1c(C(F)(F)F)cc(=O)n2CC(=O)c1c(C)n(C)c2ccccc12. The van der Waals surface area contributed by atoms with Crippen molar-refractivity contribution in [2.45, 2.75) is 26.6 Å². The van der Waals surface area contributed by atoms with E-state index in [0.29, 0.717) is 11.6 Å². The smallest absolute Gasteiger partial charge is 0.347 e. The number of aromatic nitrogens is 4. The number of carbonyl (C=O) groups is 1. The van der Waals surface area contributed by atoms with E-state index in [9.17, 15) is 22.8 Å². The van der Waals surface area contributed by atoms with Crippen LogP contribution in [0.5, 0.6) is 0 Å². The molecule has 0 amide bonds. The second kappa shape index (κ2) is 6.58. The molecule has 156 valence electrons. The van der Waals surface area contributed by atoms with E-state index in [0.717, 1.165) is 21.2 Å². The molecule has 9 heteroatoms. The van der Waals surface area contributed by atoms with E-state index in [1.54, 1.807) is 6.92 Å². The Morgan fingerprint density at radius 2 is 1.80 bits per heavy atom. The zero-order chi connectivity index (χ0) is 22.0. The summed E-state index contributed by atoms with van der Waals surface area (Å²) in [5.74, 6) is -0.355. The van der Waals surface area contributed by atoms with E-state index in [4.69, 9.17) is 0 Å². The molecule has 0 atom stereocenters. The van der Waals surface area contributed by atoms with Crippen LogP contribution in [0.3, 0.4) is 0 Å². The van der Waals surface area contributed by atoms with Crippen molar-refractivity contribution < 1.29 is 18.0 Å². The lowest BCUT2D eigenvalue weighted by molar-refractivity contribution is -0.136. The number of pyridine rings is 1. The van der Waals surface area contributed by atoms with Crippen LogP contribution in [-0.4, -0.2) is 24.7 Å². The van der Waals surface area contributed by atoms with Gasteiger partial charge in [0.2, 0.25) is 0 Å². The van der Waals surface area contributed by atoms with Gasteiger partial charge in [-0.2, -0.15) is 18.3 Å². The minimum absolute atomic E-state index is 0.0291. The van der Waals surface area contributed by atoms with Gasteiger partial charge in [-0.3, -0.25) is 18.8 Å². The number of para-hydroxylation sites is 1. The summed E-state index contributed by atoms with van der Waals surface area (Å²) in [6.45, 7) is 2.86. The monoisotopic (exact) mass is 416 g/mol. The first-order valence-corrected chi connectivity index (χ1v) is 9.24. The minimum atomic E-state index is -4.71. The zero-order valence-corrected chi connectivity index (χ0v) is 16.8. The van der Waals surface area contributed by atoms with Crippen molar-refractivity contribution in [3.05, 3.63) is 63.2 Å². The van der Waals surface area contributed by atoms with Gasteiger partial charge >= 0.3 is 6.18 Å². The Balaban J connectivity index is 1.93. The summed E-state index contributed by atoms with van der Waals surface area (Å²) in [6, 6.07) is 7.91. The molecule has 4 rings (SSSR count). The fraction of sp³-hybridized carbons (Fsp3) is 0.286. The van der Waals surface area contributed by atoms with Gasteiger partial charge in [-0.1, -0.05) is 18.2 Å². The summed E-state index contributed by atoms with van der Waals surface area (Å²) < 4.78 is 44.7. The maximum atomic E-state index is 13.5. The van der Waals surface area contributed by atoms with E-state index in [-0.39, 0.29) is 29.1 Å². The fourth-order valence-electron chi connectivity index (χ4n) is 4.12. The summed E-state index contributed by atoms with van der Waals surface area (Å²) in [5, 5.41) is 4.62. The quantitative estimate of drug-likeness (QED) is 0.478. The second-order valence-electron chi connectivity index (χ2n) is 7.35. The molecule has 6 nitrogen and oxygen atoms in total. The molecular formula is C21H19F3N4O2. The largest absolute Gasteiger partial charge is 0.417 e. The first-order valence-electron chi connectivity index (χ1n) is 9.24. The Labute approximate surface area is 169 Å². The van der Waals surface area contributed by atoms with E-state index in [2.05, 4.69) is 5.10 Å². The number of ketones is 1. The van der Waals surface area contributed by atoms with Crippen LogP contribution in [0.2, 0.25) is 0 Å². The molecule has 0 unspecified atom stereocenters. The Morgan fingerprint density at radius 1 is 1.13 bits per heavy atom. The number of hydrogen-bond donors (Lipinski definition) is 0. The highest BCUT2D eigenvalue weighted by molar-refractivity contribution is 6.09. The fourth-order valence-corrected chi connectivity index (χ4v) is 4.12. The number of nitrogens with zero attached hydrogens (tertiary/aromatic N) is 4. The highest BCUT2D eigenvalue weighted by atomic mass is 19.4.